The van der Waals surface area contributed by atoms with Crippen LogP contribution in [-0.4, -0.2) is 25.2 Å². The molecule has 0 aromatic heterocycles. The van der Waals surface area contributed by atoms with E-state index in [9.17, 15) is 9.59 Å². The van der Waals surface area contributed by atoms with Gasteiger partial charge < -0.3 is 9.47 Å². The van der Waals surface area contributed by atoms with Crippen molar-refractivity contribution in [3.63, 3.8) is 0 Å². The third-order valence-corrected chi connectivity index (χ3v) is 5.74. The SMILES string of the molecule is C.C.CCOC(=O)[C@@H]1CC2C=CC1C2.CCOC(=O)[C@H]1CC2C=CC1C2. The second-order valence-corrected chi connectivity index (χ2v) is 7.28. The second kappa shape index (κ2) is 9.94. The molecule has 4 rings (SSSR count). The van der Waals surface area contributed by atoms with Crippen molar-refractivity contribution in [1.82, 2.24) is 0 Å². The van der Waals surface area contributed by atoms with Crippen LogP contribution in [0.1, 0.15) is 54.4 Å². The zero-order valence-electron chi connectivity index (χ0n) is 14.6. The highest BCUT2D eigenvalue weighted by Crippen LogP contribution is 2.44. The molecule has 148 valence electrons. The lowest BCUT2D eigenvalue weighted by Crippen LogP contribution is -2.21. The molecule has 4 bridgehead atoms. The summed E-state index contributed by atoms with van der Waals surface area (Å²) in [6, 6.07) is 0. The number of allylic oxidation sites excluding steroid dienone is 4. The van der Waals surface area contributed by atoms with E-state index in [0.717, 1.165) is 12.8 Å². The van der Waals surface area contributed by atoms with Gasteiger partial charge in [0.25, 0.3) is 0 Å². The van der Waals surface area contributed by atoms with Crippen LogP contribution in [0.25, 0.3) is 0 Å². The summed E-state index contributed by atoms with van der Waals surface area (Å²) in [5.74, 6) is 2.63. The number of fused-ring (bicyclic) bond motifs is 4. The van der Waals surface area contributed by atoms with E-state index in [4.69, 9.17) is 9.47 Å². The second-order valence-electron chi connectivity index (χ2n) is 7.28. The van der Waals surface area contributed by atoms with Gasteiger partial charge in [-0.05, 0) is 63.2 Å². The maximum Gasteiger partial charge on any atom is 0.309 e. The van der Waals surface area contributed by atoms with Gasteiger partial charge in [-0.1, -0.05) is 39.2 Å². The van der Waals surface area contributed by atoms with Gasteiger partial charge in [-0.25, -0.2) is 0 Å². The largest absolute Gasteiger partial charge is 0.466 e. The molecule has 0 amide bonds. The van der Waals surface area contributed by atoms with Crippen LogP contribution in [0.2, 0.25) is 0 Å². The van der Waals surface area contributed by atoms with Crippen molar-refractivity contribution >= 4 is 11.9 Å². The Kier molecular flexibility index (Phi) is 8.58. The van der Waals surface area contributed by atoms with Crippen LogP contribution in [0, 0.1) is 35.5 Å². The molecule has 0 saturated heterocycles. The Bertz CT molecular complexity index is 488. The molecule has 0 N–H and O–H groups in total. The van der Waals surface area contributed by atoms with E-state index in [1.807, 2.05) is 13.8 Å². The lowest BCUT2D eigenvalue weighted by Gasteiger charge is -2.15. The fourth-order valence-electron chi connectivity index (χ4n) is 4.60. The third-order valence-electron chi connectivity index (χ3n) is 5.74. The molecule has 0 aliphatic heterocycles. The van der Waals surface area contributed by atoms with Crippen molar-refractivity contribution in [1.29, 1.82) is 0 Å². The average Bonchev–Trinajstić information content (AvgIpc) is 3.36. The van der Waals surface area contributed by atoms with Crippen molar-refractivity contribution in [2.45, 2.75) is 54.4 Å². The molecule has 2 saturated carbocycles. The molecule has 6 atom stereocenters. The Hall–Kier alpha value is -1.58. The fraction of sp³-hybridized carbons (Fsp3) is 0.727. The minimum absolute atomic E-state index is 0. The summed E-state index contributed by atoms with van der Waals surface area (Å²) in [4.78, 5) is 22.8. The van der Waals surface area contributed by atoms with E-state index in [1.165, 1.54) is 12.8 Å². The Labute approximate surface area is 159 Å². The van der Waals surface area contributed by atoms with Crippen LogP contribution in [0.3, 0.4) is 0 Å². The smallest absolute Gasteiger partial charge is 0.309 e. The summed E-state index contributed by atoms with van der Waals surface area (Å²) in [6.07, 6.45) is 13.2. The van der Waals surface area contributed by atoms with Crippen molar-refractivity contribution in [3.8, 4) is 0 Å². The molecular weight excluding hydrogens is 328 g/mol. The molecule has 4 heteroatoms. The highest BCUT2D eigenvalue weighted by molar-refractivity contribution is 5.74. The molecule has 0 aromatic rings. The molecule has 0 heterocycles. The lowest BCUT2D eigenvalue weighted by atomic mass is 9.94. The first-order chi connectivity index (χ1) is 11.6. The number of hydrogen-bond donors (Lipinski definition) is 0. The van der Waals surface area contributed by atoms with Gasteiger partial charge in [-0.2, -0.15) is 0 Å². The minimum Gasteiger partial charge on any atom is -0.466 e. The first kappa shape index (κ1) is 22.5. The molecule has 2 fully saturated rings. The van der Waals surface area contributed by atoms with Crippen molar-refractivity contribution in [2.75, 3.05) is 13.2 Å². The highest BCUT2D eigenvalue weighted by atomic mass is 16.5. The van der Waals surface area contributed by atoms with Gasteiger partial charge in [0.05, 0.1) is 25.0 Å². The first-order valence-corrected chi connectivity index (χ1v) is 9.32. The molecule has 4 unspecified atom stereocenters. The van der Waals surface area contributed by atoms with Crippen molar-refractivity contribution < 1.29 is 19.1 Å². The van der Waals surface area contributed by atoms with Gasteiger partial charge in [0.2, 0.25) is 0 Å². The maximum absolute atomic E-state index is 11.4. The van der Waals surface area contributed by atoms with Crippen molar-refractivity contribution in [2.24, 2.45) is 35.5 Å². The fourth-order valence-corrected chi connectivity index (χ4v) is 4.60. The molecular formula is C22H36O4. The van der Waals surface area contributed by atoms with Crippen LogP contribution in [0.15, 0.2) is 24.3 Å². The van der Waals surface area contributed by atoms with Gasteiger partial charge in [0.1, 0.15) is 0 Å². The molecule has 0 aromatic carbocycles. The standard InChI is InChI=1S/2C10H14O2.2CH4/c2*1-2-12-10(11)9-6-7-3-4-8(9)5-7;;/h2*3-4,7-9H,2,5-6H2,1H3;2*1H4/t2*7?,8?,9-;;/m10../s1. The Morgan fingerprint density at radius 3 is 1.35 bits per heavy atom. The number of rotatable bonds is 4. The van der Waals surface area contributed by atoms with Crippen molar-refractivity contribution in [3.05, 3.63) is 24.3 Å². The van der Waals surface area contributed by atoms with Crippen LogP contribution in [0.4, 0.5) is 0 Å². The zero-order chi connectivity index (χ0) is 17.1. The Balaban J connectivity index is 0.000000241. The first-order valence-electron chi connectivity index (χ1n) is 9.32. The topological polar surface area (TPSA) is 52.6 Å². The van der Waals surface area contributed by atoms with Crippen LogP contribution in [-0.2, 0) is 19.1 Å². The van der Waals surface area contributed by atoms with E-state index in [-0.39, 0.29) is 38.6 Å². The quantitative estimate of drug-likeness (QED) is 0.531. The van der Waals surface area contributed by atoms with Crippen LogP contribution < -0.4 is 0 Å². The Morgan fingerprint density at radius 1 is 0.731 bits per heavy atom. The van der Waals surface area contributed by atoms with E-state index >= 15 is 0 Å². The predicted molar refractivity (Wildman–Crippen MR) is 104 cm³/mol. The molecule has 4 nitrogen and oxygen atoms in total. The Morgan fingerprint density at radius 2 is 1.12 bits per heavy atom. The summed E-state index contributed by atoms with van der Waals surface area (Å²) in [7, 11) is 0. The molecule has 26 heavy (non-hydrogen) atoms. The number of ether oxygens (including phenoxy) is 2. The van der Waals surface area contributed by atoms with E-state index in [0.29, 0.717) is 36.9 Å². The monoisotopic (exact) mass is 364 g/mol. The minimum atomic E-state index is 0. The van der Waals surface area contributed by atoms with E-state index in [1.54, 1.807) is 0 Å². The summed E-state index contributed by atoms with van der Waals surface area (Å²) >= 11 is 0. The zero-order valence-corrected chi connectivity index (χ0v) is 14.6. The molecule has 4 aliphatic carbocycles. The summed E-state index contributed by atoms with van der Waals surface area (Å²) in [5.41, 5.74) is 0. The highest BCUT2D eigenvalue weighted by Gasteiger charge is 2.41. The maximum atomic E-state index is 11.4. The summed E-state index contributed by atoms with van der Waals surface area (Å²) < 4.78 is 10.0. The van der Waals surface area contributed by atoms with Crippen LogP contribution >= 0.6 is 0 Å². The number of hydrogen-bond acceptors (Lipinski definition) is 4. The molecule has 0 radical (unpaired) electrons. The summed E-state index contributed by atoms with van der Waals surface area (Å²) in [5, 5.41) is 0. The number of carbonyl (C=O) groups excluding carboxylic acids is 2. The third kappa shape index (κ3) is 4.77. The van der Waals surface area contributed by atoms with Crippen LogP contribution in [0.5, 0.6) is 0 Å². The van der Waals surface area contributed by atoms with Gasteiger partial charge in [0, 0.05) is 0 Å². The molecule has 4 aliphatic rings. The average molecular weight is 365 g/mol. The summed E-state index contributed by atoms with van der Waals surface area (Å²) in [6.45, 7) is 4.74. The lowest BCUT2D eigenvalue weighted by molar-refractivity contribution is -0.149. The van der Waals surface area contributed by atoms with Gasteiger partial charge in [0.15, 0.2) is 0 Å². The van der Waals surface area contributed by atoms with Gasteiger partial charge >= 0.3 is 11.9 Å². The van der Waals surface area contributed by atoms with Gasteiger partial charge in [-0.15, -0.1) is 0 Å². The molecule has 0 spiro atoms. The van der Waals surface area contributed by atoms with E-state index < -0.39 is 0 Å². The van der Waals surface area contributed by atoms with Gasteiger partial charge in [-0.3, -0.25) is 9.59 Å². The number of esters is 2. The normalized spacial score (nSPS) is 34.4. The predicted octanol–water partition coefficient (Wildman–Crippen LogP) is 4.80. The number of carbonyl (C=O) groups is 2. The van der Waals surface area contributed by atoms with E-state index in [2.05, 4.69) is 24.3 Å².